The molecule has 3 rings (SSSR count). The Labute approximate surface area is 181 Å². The average Bonchev–Trinajstić information content (AvgIpc) is 3.31. The van der Waals surface area contributed by atoms with E-state index in [0.29, 0.717) is 18.5 Å². The molecule has 0 aromatic heterocycles. The van der Waals surface area contributed by atoms with Gasteiger partial charge >= 0.3 is 6.61 Å². The molecule has 0 amide bonds. The van der Waals surface area contributed by atoms with Crippen molar-refractivity contribution in [1.29, 1.82) is 0 Å². The number of hydrogen-bond acceptors (Lipinski definition) is 3. The molecule has 2 aliphatic heterocycles. The standard InChI is InChI=1S/C19H27F3N4O.HI/c1-2-23-19(26-11-8-14(13-26)25-9-3-4-10-25)24-12-15-16(20)6-5-7-17(15)27-18(21)22;/h5-7,14,18H,2-4,8-13H2,1H3,(H,23,24);1H. The molecule has 0 aliphatic carbocycles. The van der Waals surface area contributed by atoms with Crippen LogP contribution in [0.25, 0.3) is 0 Å². The number of nitrogens with one attached hydrogen (secondary N) is 1. The second-order valence-corrected chi connectivity index (χ2v) is 6.90. The van der Waals surface area contributed by atoms with Gasteiger partial charge in [0.05, 0.1) is 12.1 Å². The van der Waals surface area contributed by atoms with Crippen LogP contribution < -0.4 is 10.1 Å². The molecule has 0 radical (unpaired) electrons. The van der Waals surface area contributed by atoms with E-state index in [0.717, 1.165) is 32.6 Å². The molecule has 2 saturated heterocycles. The summed E-state index contributed by atoms with van der Waals surface area (Å²) in [6, 6.07) is 4.44. The smallest absolute Gasteiger partial charge is 0.387 e. The van der Waals surface area contributed by atoms with Crippen molar-refractivity contribution in [2.45, 2.75) is 45.4 Å². The van der Waals surface area contributed by atoms with Gasteiger partial charge in [-0.05, 0) is 51.4 Å². The summed E-state index contributed by atoms with van der Waals surface area (Å²) in [6.45, 7) is 3.66. The fourth-order valence-corrected chi connectivity index (χ4v) is 3.82. The molecule has 9 heteroatoms. The van der Waals surface area contributed by atoms with E-state index in [1.807, 2.05) is 6.92 Å². The molecule has 0 bridgehead atoms. The molecule has 1 N–H and O–H groups in total. The Kier molecular flexibility index (Phi) is 9.13. The molecule has 0 spiro atoms. The first kappa shape index (κ1) is 23.1. The summed E-state index contributed by atoms with van der Waals surface area (Å²) in [6.07, 6.45) is 3.58. The molecule has 1 atom stereocenters. The average molecular weight is 512 g/mol. The Morgan fingerprint density at radius 3 is 2.71 bits per heavy atom. The SMILES string of the molecule is CCNC(=NCc1c(F)cccc1OC(F)F)N1CCC(N2CCCC2)C1.I. The van der Waals surface area contributed by atoms with Gasteiger partial charge in [-0.15, -0.1) is 24.0 Å². The van der Waals surface area contributed by atoms with Crippen LogP contribution in [0.2, 0.25) is 0 Å². The van der Waals surface area contributed by atoms with Crippen molar-refractivity contribution in [3.63, 3.8) is 0 Å². The maximum Gasteiger partial charge on any atom is 0.387 e. The first-order chi connectivity index (χ1) is 13.1. The van der Waals surface area contributed by atoms with Gasteiger partial charge in [0.1, 0.15) is 11.6 Å². The third-order valence-corrected chi connectivity index (χ3v) is 5.13. The molecule has 1 unspecified atom stereocenters. The molecule has 1 aromatic carbocycles. The van der Waals surface area contributed by atoms with Crippen molar-refractivity contribution in [2.75, 3.05) is 32.7 Å². The van der Waals surface area contributed by atoms with Crippen LogP contribution in [0.15, 0.2) is 23.2 Å². The Bertz CT molecular complexity index is 656. The lowest BCUT2D eigenvalue weighted by Gasteiger charge is -2.25. The number of aliphatic imine (C=N–C) groups is 1. The Balaban J connectivity index is 0.00000280. The minimum atomic E-state index is -3.00. The summed E-state index contributed by atoms with van der Waals surface area (Å²) in [5.74, 6) is -0.0736. The lowest BCUT2D eigenvalue weighted by molar-refractivity contribution is -0.0506. The summed E-state index contributed by atoms with van der Waals surface area (Å²) in [7, 11) is 0. The van der Waals surface area contributed by atoms with E-state index in [1.54, 1.807) is 0 Å². The van der Waals surface area contributed by atoms with Crippen molar-refractivity contribution in [1.82, 2.24) is 15.1 Å². The molecule has 158 valence electrons. The quantitative estimate of drug-likeness (QED) is 0.359. The maximum absolute atomic E-state index is 14.1. The zero-order chi connectivity index (χ0) is 19.2. The lowest BCUT2D eigenvalue weighted by Crippen LogP contribution is -2.42. The van der Waals surface area contributed by atoms with Gasteiger partial charge in [-0.3, -0.25) is 4.90 Å². The highest BCUT2D eigenvalue weighted by Crippen LogP contribution is 2.25. The highest BCUT2D eigenvalue weighted by molar-refractivity contribution is 14.0. The number of alkyl halides is 2. The fourth-order valence-electron chi connectivity index (χ4n) is 3.82. The van der Waals surface area contributed by atoms with Crippen molar-refractivity contribution in [3.05, 3.63) is 29.6 Å². The van der Waals surface area contributed by atoms with E-state index >= 15 is 0 Å². The molecule has 2 aliphatic rings. The molecule has 1 aromatic rings. The monoisotopic (exact) mass is 512 g/mol. The number of benzene rings is 1. The summed E-state index contributed by atoms with van der Waals surface area (Å²) < 4.78 is 43.8. The summed E-state index contributed by atoms with van der Waals surface area (Å²) >= 11 is 0. The second-order valence-electron chi connectivity index (χ2n) is 6.90. The lowest BCUT2D eigenvalue weighted by atomic mass is 10.2. The van der Waals surface area contributed by atoms with E-state index in [4.69, 9.17) is 0 Å². The Morgan fingerprint density at radius 2 is 2.04 bits per heavy atom. The van der Waals surface area contributed by atoms with Crippen LogP contribution in [0, 0.1) is 5.82 Å². The third kappa shape index (κ3) is 5.88. The molecular weight excluding hydrogens is 484 g/mol. The van der Waals surface area contributed by atoms with Crippen molar-refractivity contribution >= 4 is 29.9 Å². The zero-order valence-corrected chi connectivity index (χ0v) is 18.4. The Hall–Kier alpha value is -1.23. The van der Waals surface area contributed by atoms with Crippen LogP contribution in [0.5, 0.6) is 5.75 Å². The predicted octanol–water partition coefficient (Wildman–Crippen LogP) is 3.68. The van der Waals surface area contributed by atoms with Gasteiger partial charge in [0.15, 0.2) is 5.96 Å². The number of hydrogen-bond donors (Lipinski definition) is 1. The van der Waals surface area contributed by atoms with E-state index in [1.165, 1.54) is 31.0 Å². The van der Waals surface area contributed by atoms with Gasteiger partial charge in [-0.1, -0.05) is 6.07 Å². The van der Waals surface area contributed by atoms with Crippen LogP contribution in [-0.4, -0.2) is 61.1 Å². The van der Waals surface area contributed by atoms with Gasteiger partial charge in [0, 0.05) is 25.7 Å². The second kappa shape index (κ2) is 11.1. The molecule has 0 saturated carbocycles. The van der Waals surface area contributed by atoms with Gasteiger partial charge in [0.2, 0.25) is 0 Å². The first-order valence-corrected chi connectivity index (χ1v) is 9.58. The van der Waals surface area contributed by atoms with Crippen LogP contribution >= 0.6 is 24.0 Å². The van der Waals surface area contributed by atoms with Crippen LogP contribution in [-0.2, 0) is 6.54 Å². The van der Waals surface area contributed by atoms with Gasteiger partial charge in [-0.2, -0.15) is 8.78 Å². The van der Waals surface area contributed by atoms with Gasteiger partial charge in [0.25, 0.3) is 0 Å². The molecule has 5 nitrogen and oxygen atoms in total. The number of guanidine groups is 1. The molecule has 2 heterocycles. The first-order valence-electron chi connectivity index (χ1n) is 9.58. The van der Waals surface area contributed by atoms with Crippen molar-refractivity contribution < 1.29 is 17.9 Å². The fraction of sp³-hybridized carbons (Fsp3) is 0.632. The number of nitrogens with zero attached hydrogens (tertiary/aromatic N) is 3. The van der Waals surface area contributed by atoms with E-state index < -0.39 is 12.4 Å². The highest BCUT2D eigenvalue weighted by Gasteiger charge is 2.30. The van der Waals surface area contributed by atoms with Gasteiger partial charge in [-0.25, -0.2) is 9.38 Å². The predicted molar refractivity (Wildman–Crippen MR) is 114 cm³/mol. The summed E-state index contributed by atoms with van der Waals surface area (Å²) in [4.78, 5) is 9.19. The normalized spacial score (nSPS) is 20.5. The van der Waals surface area contributed by atoms with Gasteiger partial charge < -0.3 is 15.0 Å². The molecular formula is C19H28F3IN4O. The number of halogens is 4. The minimum Gasteiger partial charge on any atom is -0.434 e. The van der Waals surface area contributed by atoms with Crippen LogP contribution in [0.1, 0.15) is 31.7 Å². The molecule has 2 fully saturated rings. The number of ether oxygens (including phenoxy) is 1. The zero-order valence-electron chi connectivity index (χ0n) is 16.0. The third-order valence-electron chi connectivity index (χ3n) is 5.13. The van der Waals surface area contributed by atoms with Crippen molar-refractivity contribution in [3.8, 4) is 5.75 Å². The maximum atomic E-state index is 14.1. The van der Waals surface area contributed by atoms with E-state index in [-0.39, 0.29) is 41.8 Å². The van der Waals surface area contributed by atoms with E-state index in [2.05, 4.69) is 24.8 Å². The summed E-state index contributed by atoms with van der Waals surface area (Å²) in [5, 5.41) is 3.23. The highest BCUT2D eigenvalue weighted by atomic mass is 127. The number of likely N-dealkylation sites (tertiary alicyclic amines) is 2. The van der Waals surface area contributed by atoms with E-state index in [9.17, 15) is 13.2 Å². The minimum absolute atomic E-state index is 0. The molecule has 28 heavy (non-hydrogen) atoms. The van der Waals surface area contributed by atoms with Crippen molar-refractivity contribution in [2.24, 2.45) is 4.99 Å². The van der Waals surface area contributed by atoms with Crippen LogP contribution in [0.4, 0.5) is 13.2 Å². The Morgan fingerprint density at radius 1 is 1.29 bits per heavy atom. The topological polar surface area (TPSA) is 40.1 Å². The largest absolute Gasteiger partial charge is 0.434 e. The summed E-state index contributed by atoms with van der Waals surface area (Å²) in [5.41, 5.74) is 0.0449. The van der Waals surface area contributed by atoms with Crippen LogP contribution in [0.3, 0.4) is 0 Å². The number of rotatable bonds is 6.